The van der Waals surface area contributed by atoms with Crippen molar-refractivity contribution in [3.8, 4) is 5.75 Å². The van der Waals surface area contributed by atoms with Gasteiger partial charge in [0.05, 0.1) is 6.54 Å². The van der Waals surface area contributed by atoms with Crippen LogP contribution in [0, 0.1) is 0 Å². The normalized spacial score (nSPS) is 16.9. The molecular formula is C13H16Cl2F5N3O. The largest absolute Gasteiger partial charge is 0.481 e. The molecule has 1 heterocycles. The van der Waals surface area contributed by atoms with Gasteiger partial charge in [-0.3, -0.25) is 0 Å². The van der Waals surface area contributed by atoms with Gasteiger partial charge in [0.25, 0.3) is 0 Å². The summed E-state index contributed by atoms with van der Waals surface area (Å²) in [6.45, 7) is 0.0624. The molecular weight excluding hydrogens is 380 g/mol. The van der Waals surface area contributed by atoms with Gasteiger partial charge in [0.15, 0.2) is 6.10 Å². The highest BCUT2D eigenvalue weighted by atomic mass is 35.5. The van der Waals surface area contributed by atoms with E-state index in [1.54, 1.807) is 19.1 Å². The molecule has 0 amide bonds. The van der Waals surface area contributed by atoms with Gasteiger partial charge in [-0.25, -0.2) is 4.99 Å². The summed E-state index contributed by atoms with van der Waals surface area (Å²) < 4.78 is 67.0. The number of nitrogens with one attached hydrogen (secondary N) is 1. The van der Waals surface area contributed by atoms with Crippen LogP contribution in [0.4, 0.5) is 27.6 Å². The number of fused-ring (bicyclic) bond motifs is 1. The molecule has 1 aliphatic rings. The SMILES string of the molecule is C[C@H]1Oc2ccc(CNCC(F)(F)C(F)(F)F)cc2N=C1N.Cl.Cl. The molecule has 0 aliphatic carbocycles. The van der Waals surface area contributed by atoms with Crippen molar-refractivity contribution in [3.05, 3.63) is 23.8 Å². The molecule has 1 aromatic carbocycles. The summed E-state index contributed by atoms with van der Waals surface area (Å²) in [4.78, 5) is 4.10. The summed E-state index contributed by atoms with van der Waals surface area (Å²) in [7, 11) is 0. The van der Waals surface area contributed by atoms with Gasteiger partial charge in [-0.2, -0.15) is 22.0 Å². The number of alkyl halides is 5. The predicted molar refractivity (Wildman–Crippen MR) is 85.0 cm³/mol. The first-order valence-electron chi connectivity index (χ1n) is 6.39. The monoisotopic (exact) mass is 395 g/mol. The molecule has 0 aromatic heterocycles. The minimum absolute atomic E-state index is 0. The number of benzene rings is 1. The fraction of sp³-hybridized carbons (Fsp3) is 0.462. The van der Waals surface area contributed by atoms with Gasteiger partial charge >= 0.3 is 12.1 Å². The Morgan fingerprint density at radius 3 is 2.42 bits per heavy atom. The topological polar surface area (TPSA) is 59.6 Å². The molecule has 2 rings (SSSR count). The summed E-state index contributed by atoms with van der Waals surface area (Å²) >= 11 is 0. The summed E-state index contributed by atoms with van der Waals surface area (Å²) in [6.07, 6.45) is -5.94. The Kier molecular flexibility index (Phi) is 7.72. The number of aliphatic imine (C=N–C) groups is 1. The minimum Gasteiger partial charge on any atom is -0.481 e. The minimum atomic E-state index is -5.57. The molecule has 0 spiro atoms. The Hall–Kier alpha value is -1.32. The van der Waals surface area contributed by atoms with Gasteiger partial charge < -0.3 is 15.8 Å². The molecule has 0 unspecified atom stereocenters. The van der Waals surface area contributed by atoms with Gasteiger partial charge in [-0.05, 0) is 24.6 Å². The molecule has 0 fully saturated rings. The molecule has 3 N–H and O–H groups in total. The van der Waals surface area contributed by atoms with Crippen molar-refractivity contribution < 1.29 is 26.7 Å². The number of amidine groups is 1. The highest BCUT2D eigenvalue weighted by molar-refractivity contribution is 5.89. The molecule has 0 bridgehead atoms. The lowest BCUT2D eigenvalue weighted by Crippen LogP contribution is -2.45. The number of hydrogen-bond donors (Lipinski definition) is 2. The number of ether oxygens (including phenoxy) is 1. The van der Waals surface area contributed by atoms with E-state index in [0.717, 1.165) is 0 Å². The quantitative estimate of drug-likeness (QED) is 0.765. The lowest BCUT2D eigenvalue weighted by atomic mass is 10.1. The average Bonchev–Trinajstić information content (AvgIpc) is 2.39. The van der Waals surface area contributed by atoms with Crippen molar-refractivity contribution in [3.63, 3.8) is 0 Å². The van der Waals surface area contributed by atoms with Crippen LogP contribution in [0.2, 0.25) is 0 Å². The molecule has 1 atom stereocenters. The Balaban J connectivity index is 0.00000264. The molecule has 1 aliphatic heterocycles. The summed E-state index contributed by atoms with van der Waals surface area (Å²) in [5, 5.41) is 2.08. The van der Waals surface area contributed by atoms with Crippen molar-refractivity contribution in [1.82, 2.24) is 5.32 Å². The van der Waals surface area contributed by atoms with Gasteiger partial charge in [-0.15, -0.1) is 24.8 Å². The van der Waals surface area contributed by atoms with Gasteiger partial charge in [0.1, 0.15) is 17.3 Å². The van der Waals surface area contributed by atoms with Crippen LogP contribution in [0.3, 0.4) is 0 Å². The summed E-state index contributed by atoms with van der Waals surface area (Å²) in [5.41, 5.74) is 6.54. The second kappa shape index (κ2) is 8.17. The zero-order valence-corrected chi connectivity index (χ0v) is 14.0. The van der Waals surface area contributed by atoms with E-state index in [0.29, 0.717) is 17.0 Å². The summed E-state index contributed by atoms with van der Waals surface area (Å²) in [6, 6.07) is 4.65. The lowest BCUT2D eigenvalue weighted by Gasteiger charge is -2.22. The smallest absolute Gasteiger partial charge is 0.454 e. The van der Waals surface area contributed by atoms with Crippen LogP contribution in [0.5, 0.6) is 5.75 Å². The standard InChI is InChI=1S/C13H14F5N3O.2ClH/c1-7-11(19)21-9-4-8(2-3-10(9)22-7)5-20-6-12(14,15)13(16,17)18;;/h2-4,7,20H,5-6H2,1H3,(H2,19,21);2*1H/t7-;;/m1../s1. The van der Waals surface area contributed by atoms with E-state index in [-0.39, 0.29) is 43.3 Å². The van der Waals surface area contributed by atoms with E-state index >= 15 is 0 Å². The maximum Gasteiger partial charge on any atom is 0.454 e. The second-order valence-corrected chi connectivity index (χ2v) is 4.90. The third kappa shape index (κ3) is 5.09. The van der Waals surface area contributed by atoms with Crippen molar-refractivity contribution in [2.45, 2.75) is 31.7 Å². The van der Waals surface area contributed by atoms with Crippen molar-refractivity contribution in [2.24, 2.45) is 10.7 Å². The van der Waals surface area contributed by atoms with Crippen LogP contribution >= 0.6 is 24.8 Å². The molecule has 4 nitrogen and oxygen atoms in total. The molecule has 1 aromatic rings. The van der Waals surface area contributed by atoms with Gasteiger partial charge in [-0.1, -0.05) is 6.07 Å². The molecule has 138 valence electrons. The fourth-order valence-corrected chi connectivity index (χ4v) is 1.80. The van der Waals surface area contributed by atoms with Crippen LogP contribution in [0.15, 0.2) is 23.2 Å². The van der Waals surface area contributed by atoms with Crippen molar-refractivity contribution in [2.75, 3.05) is 6.54 Å². The van der Waals surface area contributed by atoms with E-state index in [1.807, 2.05) is 0 Å². The lowest BCUT2D eigenvalue weighted by molar-refractivity contribution is -0.279. The first-order valence-corrected chi connectivity index (χ1v) is 6.39. The van der Waals surface area contributed by atoms with E-state index in [4.69, 9.17) is 10.5 Å². The average molecular weight is 396 g/mol. The third-order valence-corrected chi connectivity index (χ3v) is 3.08. The van der Waals surface area contributed by atoms with Crippen LogP contribution < -0.4 is 15.8 Å². The van der Waals surface area contributed by atoms with Crippen molar-refractivity contribution >= 4 is 36.3 Å². The van der Waals surface area contributed by atoms with Crippen LogP contribution in [-0.4, -0.2) is 30.6 Å². The van der Waals surface area contributed by atoms with E-state index < -0.39 is 18.6 Å². The molecule has 0 radical (unpaired) electrons. The Labute approximate surface area is 147 Å². The maximum atomic E-state index is 12.8. The highest BCUT2D eigenvalue weighted by Crippen LogP contribution is 2.35. The zero-order chi connectivity index (χ0) is 16.5. The van der Waals surface area contributed by atoms with Crippen LogP contribution in [-0.2, 0) is 6.54 Å². The highest BCUT2D eigenvalue weighted by Gasteiger charge is 2.56. The predicted octanol–water partition coefficient (Wildman–Crippen LogP) is 3.59. The first kappa shape index (κ1) is 22.7. The number of halogens is 7. The first-order chi connectivity index (χ1) is 10.1. The number of nitrogens with two attached hydrogens (primary N) is 1. The maximum absolute atomic E-state index is 12.8. The molecule has 0 saturated heterocycles. The molecule has 24 heavy (non-hydrogen) atoms. The van der Waals surface area contributed by atoms with E-state index in [9.17, 15) is 22.0 Å². The number of hydrogen-bond acceptors (Lipinski definition) is 4. The van der Waals surface area contributed by atoms with E-state index in [2.05, 4.69) is 10.3 Å². The Morgan fingerprint density at radius 2 is 1.83 bits per heavy atom. The summed E-state index contributed by atoms with van der Waals surface area (Å²) in [5.74, 6) is -4.03. The zero-order valence-electron chi connectivity index (χ0n) is 12.4. The molecule has 11 heteroatoms. The van der Waals surface area contributed by atoms with Crippen LogP contribution in [0.25, 0.3) is 0 Å². The van der Waals surface area contributed by atoms with Crippen molar-refractivity contribution in [1.29, 1.82) is 0 Å². The molecule has 0 saturated carbocycles. The fourth-order valence-electron chi connectivity index (χ4n) is 1.80. The van der Waals surface area contributed by atoms with E-state index in [1.165, 1.54) is 6.07 Å². The second-order valence-electron chi connectivity index (χ2n) is 4.90. The van der Waals surface area contributed by atoms with Crippen LogP contribution in [0.1, 0.15) is 12.5 Å². The third-order valence-electron chi connectivity index (χ3n) is 3.08. The van der Waals surface area contributed by atoms with Gasteiger partial charge in [0, 0.05) is 6.54 Å². The number of nitrogens with zero attached hydrogens (tertiary/aromatic N) is 1. The number of rotatable bonds is 4. The van der Waals surface area contributed by atoms with Gasteiger partial charge in [0.2, 0.25) is 0 Å². The Bertz CT molecular complexity index is 595. The Morgan fingerprint density at radius 1 is 1.21 bits per heavy atom.